The Kier molecular flexibility index (Phi) is 41.3. The van der Waals surface area contributed by atoms with Crippen molar-refractivity contribution in [2.75, 3.05) is 6.61 Å². The molecule has 4 heteroatoms. The molecule has 1 amide bonds. The summed E-state index contributed by atoms with van der Waals surface area (Å²) in [6.45, 7) is 4.35. The fraction of sp³-hybridized carbons (Fsp3) is 0.891. The smallest absolute Gasteiger partial charge is 0.220 e. The van der Waals surface area contributed by atoms with Crippen LogP contribution >= 0.6 is 0 Å². The topological polar surface area (TPSA) is 69.6 Å². The Hall–Kier alpha value is -1.13. The molecule has 0 aliphatic rings. The number of unbranched alkanes of at least 4 members (excludes halogenated alkanes) is 30. The Bertz CT molecular complexity index is 720. The first-order valence-corrected chi connectivity index (χ1v) is 22.5. The normalized spacial score (nSPS) is 13.1. The molecule has 0 saturated carbocycles. The number of aliphatic hydroxyl groups is 2. The van der Waals surface area contributed by atoms with Crippen molar-refractivity contribution in [3.05, 3.63) is 24.3 Å². The van der Waals surface area contributed by atoms with Gasteiger partial charge in [0.2, 0.25) is 5.91 Å². The summed E-state index contributed by atoms with van der Waals surface area (Å²) >= 11 is 0. The molecule has 0 aromatic rings. The van der Waals surface area contributed by atoms with Crippen LogP contribution in [0.1, 0.15) is 245 Å². The van der Waals surface area contributed by atoms with Crippen LogP contribution in [0.3, 0.4) is 0 Å². The minimum absolute atomic E-state index is 0.0401. The first kappa shape index (κ1) is 48.9. The molecule has 0 radical (unpaired) electrons. The van der Waals surface area contributed by atoms with E-state index in [-0.39, 0.29) is 12.5 Å². The van der Waals surface area contributed by atoms with Gasteiger partial charge in [-0.05, 0) is 64.2 Å². The first-order valence-electron chi connectivity index (χ1n) is 22.5. The average Bonchev–Trinajstić information content (AvgIpc) is 3.12. The van der Waals surface area contributed by atoms with Crippen LogP contribution in [0, 0.1) is 0 Å². The quantitative estimate of drug-likeness (QED) is 0.0438. The number of allylic oxidation sites excluding steroid dienone is 4. The summed E-state index contributed by atoms with van der Waals surface area (Å²) in [5.41, 5.74) is 0. The molecule has 3 N–H and O–H groups in total. The maximum absolute atomic E-state index is 12.4. The predicted octanol–water partition coefficient (Wildman–Crippen LogP) is 14.0. The van der Waals surface area contributed by atoms with Crippen molar-refractivity contribution in [1.29, 1.82) is 0 Å². The van der Waals surface area contributed by atoms with E-state index in [4.69, 9.17) is 0 Å². The first-order chi connectivity index (χ1) is 24.7. The molecule has 0 spiro atoms. The molecule has 0 aromatic carbocycles. The van der Waals surface area contributed by atoms with Gasteiger partial charge in [0.15, 0.2) is 0 Å². The molecule has 0 unspecified atom stereocenters. The van der Waals surface area contributed by atoms with Crippen molar-refractivity contribution in [2.45, 2.75) is 257 Å². The van der Waals surface area contributed by atoms with E-state index < -0.39 is 12.1 Å². The summed E-state index contributed by atoms with van der Waals surface area (Å²) in [7, 11) is 0. The summed E-state index contributed by atoms with van der Waals surface area (Å²) in [6, 6.07) is -0.550. The number of amides is 1. The predicted molar refractivity (Wildman–Crippen MR) is 221 cm³/mol. The van der Waals surface area contributed by atoms with Crippen LogP contribution in [0.5, 0.6) is 0 Å². The molecule has 0 bridgehead atoms. The van der Waals surface area contributed by atoms with Crippen molar-refractivity contribution >= 4 is 5.91 Å². The van der Waals surface area contributed by atoms with Gasteiger partial charge in [-0.2, -0.15) is 0 Å². The summed E-state index contributed by atoms with van der Waals surface area (Å²) in [5, 5.41) is 23.2. The van der Waals surface area contributed by atoms with Crippen LogP contribution in [0.4, 0.5) is 0 Å². The van der Waals surface area contributed by atoms with Crippen molar-refractivity contribution in [3.8, 4) is 0 Å². The minimum atomic E-state index is -0.680. The molecule has 4 nitrogen and oxygen atoms in total. The SMILES string of the molecule is CCCCCCCC/C=C/CCCCCCCCCCCCCC(=O)N[C@@H](CO)[C@H](O)CCCC/C=C/CCCCCCCCCCCCC. The van der Waals surface area contributed by atoms with Crippen LogP contribution < -0.4 is 5.32 Å². The summed E-state index contributed by atoms with van der Waals surface area (Å²) in [4.78, 5) is 12.4. The van der Waals surface area contributed by atoms with Crippen molar-refractivity contribution in [1.82, 2.24) is 5.32 Å². The third-order valence-electron chi connectivity index (χ3n) is 10.4. The fourth-order valence-corrected chi connectivity index (χ4v) is 6.94. The number of aliphatic hydroxyl groups excluding tert-OH is 2. The maximum Gasteiger partial charge on any atom is 0.220 e. The molecule has 0 aromatic heterocycles. The van der Waals surface area contributed by atoms with Crippen LogP contribution in [0.25, 0.3) is 0 Å². The second kappa shape index (κ2) is 42.3. The van der Waals surface area contributed by atoms with Crippen molar-refractivity contribution in [3.63, 3.8) is 0 Å². The van der Waals surface area contributed by atoms with E-state index in [2.05, 4.69) is 43.5 Å². The molecule has 296 valence electrons. The fourth-order valence-electron chi connectivity index (χ4n) is 6.94. The van der Waals surface area contributed by atoms with Crippen LogP contribution in [0.15, 0.2) is 24.3 Å². The molecule has 0 aliphatic heterocycles. The molecule has 0 saturated heterocycles. The van der Waals surface area contributed by atoms with Gasteiger partial charge in [-0.1, -0.05) is 199 Å². The Morgan fingerprint density at radius 3 is 1.10 bits per heavy atom. The van der Waals surface area contributed by atoms with E-state index in [9.17, 15) is 15.0 Å². The van der Waals surface area contributed by atoms with Gasteiger partial charge in [-0.25, -0.2) is 0 Å². The Balaban J connectivity index is 3.53. The number of rotatable bonds is 41. The lowest BCUT2D eigenvalue weighted by atomic mass is 10.0. The zero-order valence-corrected chi connectivity index (χ0v) is 33.9. The van der Waals surface area contributed by atoms with Gasteiger partial charge < -0.3 is 15.5 Å². The molecule has 50 heavy (non-hydrogen) atoms. The van der Waals surface area contributed by atoms with Crippen LogP contribution in [0.2, 0.25) is 0 Å². The standard InChI is InChI=1S/C46H89NO3/c1-3-5-7-9-11-13-15-17-19-21-22-23-24-26-28-30-32-34-36-38-40-42-46(50)47-44(43-48)45(49)41-39-37-35-33-31-29-27-25-20-18-16-14-12-10-8-6-4-2/h17,19,31,33,44-45,48-49H,3-16,18,20-30,32,34-43H2,1-2H3,(H,47,50)/b19-17+,33-31+/t44-,45+/m0/s1. The molecule has 0 fully saturated rings. The van der Waals surface area contributed by atoms with Gasteiger partial charge in [0, 0.05) is 6.42 Å². The van der Waals surface area contributed by atoms with E-state index in [0.29, 0.717) is 12.8 Å². The largest absolute Gasteiger partial charge is 0.394 e. The molecule has 2 atom stereocenters. The molecule has 0 aliphatic carbocycles. The zero-order valence-electron chi connectivity index (χ0n) is 33.9. The Labute approximate surface area is 313 Å². The molecular weight excluding hydrogens is 615 g/mol. The number of hydrogen-bond donors (Lipinski definition) is 3. The van der Waals surface area contributed by atoms with Gasteiger partial charge >= 0.3 is 0 Å². The lowest BCUT2D eigenvalue weighted by Crippen LogP contribution is -2.45. The highest BCUT2D eigenvalue weighted by atomic mass is 16.3. The molecule has 0 rings (SSSR count). The molecule has 0 heterocycles. The van der Waals surface area contributed by atoms with Crippen LogP contribution in [-0.4, -0.2) is 34.9 Å². The van der Waals surface area contributed by atoms with Crippen molar-refractivity contribution < 1.29 is 15.0 Å². The summed E-state index contributed by atoms with van der Waals surface area (Å²) < 4.78 is 0. The van der Waals surface area contributed by atoms with Gasteiger partial charge in [-0.15, -0.1) is 0 Å². The Morgan fingerprint density at radius 1 is 0.460 bits per heavy atom. The number of hydrogen-bond acceptors (Lipinski definition) is 3. The van der Waals surface area contributed by atoms with Crippen molar-refractivity contribution in [2.24, 2.45) is 0 Å². The second-order valence-corrected chi connectivity index (χ2v) is 15.5. The third-order valence-corrected chi connectivity index (χ3v) is 10.4. The maximum atomic E-state index is 12.4. The lowest BCUT2D eigenvalue weighted by Gasteiger charge is -2.22. The monoisotopic (exact) mass is 704 g/mol. The van der Waals surface area contributed by atoms with Gasteiger partial charge in [-0.3, -0.25) is 4.79 Å². The van der Waals surface area contributed by atoms with Crippen LogP contribution in [-0.2, 0) is 4.79 Å². The Morgan fingerprint density at radius 2 is 0.760 bits per heavy atom. The van der Waals surface area contributed by atoms with E-state index >= 15 is 0 Å². The lowest BCUT2D eigenvalue weighted by molar-refractivity contribution is -0.123. The van der Waals surface area contributed by atoms with E-state index in [1.165, 1.54) is 186 Å². The highest BCUT2D eigenvalue weighted by Gasteiger charge is 2.19. The summed E-state index contributed by atoms with van der Waals surface area (Å²) in [5.74, 6) is -0.0401. The van der Waals surface area contributed by atoms with E-state index in [1.807, 2.05) is 0 Å². The van der Waals surface area contributed by atoms with E-state index in [0.717, 1.165) is 32.1 Å². The zero-order chi connectivity index (χ0) is 36.4. The third kappa shape index (κ3) is 38.1. The molecular formula is C46H89NO3. The van der Waals surface area contributed by atoms with Gasteiger partial charge in [0.1, 0.15) is 0 Å². The number of nitrogens with one attached hydrogen (secondary N) is 1. The number of carbonyl (C=O) groups is 1. The second-order valence-electron chi connectivity index (χ2n) is 15.5. The van der Waals surface area contributed by atoms with Gasteiger partial charge in [0.25, 0.3) is 0 Å². The van der Waals surface area contributed by atoms with Gasteiger partial charge in [0.05, 0.1) is 18.8 Å². The number of carbonyl (C=O) groups excluding carboxylic acids is 1. The highest BCUT2D eigenvalue weighted by Crippen LogP contribution is 2.15. The summed E-state index contributed by atoms with van der Waals surface area (Å²) in [6.07, 6.45) is 54.0. The minimum Gasteiger partial charge on any atom is -0.394 e. The van der Waals surface area contributed by atoms with E-state index in [1.54, 1.807) is 0 Å². The highest BCUT2D eigenvalue weighted by molar-refractivity contribution is 5.76. The average molecular weight is 704 g/mol.